The van der Waals surface area contributed by atoms with Gasteiger partial charge in [0.15, 0.2) is 0 Å². The molecule has 2 heterocycles. The van der Waals surface area contributed by atoms with Gasteiger partial charge >= 0.3 is 0 Å². The van der Waals surface area contributed by atoms with E-state index in [9.17, 15) is 14.3 Å². The molecule has 9 heteroatoms. The number of halogens is 3. The highest BCUT2D eigenvalue weighted by Gasteiger charge is 2.26. The number of nitrogens with two attached hydrogens (primary N) is 1. The van der Waals surface area contributed by atoms with Crippen LogP contribution in [0.5, 0.6) is 0 Å². The average molecular weight is 508 g/mol. The zero-order valence-corrected chi connectivity index (χ0v) is 20.4. The number of hydrogen-bond donors (Lipinski definition) is 2. The van der Waals surface area contributed by atoms with Crippen LogP contribution >= 0.6 is 35.0 Å². The first-order valence-electron chi connectivity index (χ1n) is 10.7. The van der Waals surface area contributed by atoms with Crippen molar-refractivity contribution in [1.29, 1.82) is 0 Å². The van der Waals surface area contributed by atoms with Crippen LogP contribution in [-0.4, -0.2) is 45.3 Å². The number of β-amino-alcohol motifs (C(OH)–C–C–N with tert-alkyl or cyclic N) is 1. The Labute approximate surface area is 206 Å². The molecule has 2 aliphatic rings. The van der Waals surface area contributed by atoms with Crippen LogP contribution in [0.15, 0.2) is 62.9 Å². The van der Waals surface area contributed by atoms with E-state index in [1.54, 1.807) is 23.2 Å². The molecule has 2 aromatic rings. The molecule has 1 amide bonds. The Morgan fingerprint density at radius 2 is 2.00 bits per heavy atom. The second-order valence-electron chi connectivity index (χ2n) is 8.18. The quantitative estimate of drug-likeness (QED) is 0.505. The Morgan fingerprint density at radius 3 is 2.67 bits per heavy atom. The van der Waals surface area contributed by atoms with Crippen molar-refractivity contribution in [2.75, 3.05) is 18.8 Å². The van der Waals surface area contributed by atoms with Crippen molar-refractivity contribution in [2.24, 2.45) is 0 Å². The lowest BCUT2D eigenvalue weighted by atomic mass is 10.0. The van der Waals surface area contributed by atoms with Gasteiger partial charge in [-0.1, -0.05) is 35.3 Å². The molecule has 2 atom stereocenters. The van der Waals surface area contributed by atoms with Gasteiger partial charge in [0.2, 0.25) is 0 Å². The summed E-state index contributed by atoms with van der Waals surface area (Å²) in [6.07, 6.45) is 2.48. The summed E-state index contributed by atoms with van der Waals surface area (Å²) in [5.41, 5.74) is 9.00. The van der Waals surface area contributed by atoms with Crippen LogP contribution in [0, 0.1) is 0 Å². The van der Waals surface area contributed by atoms with Crippen LogP contribution in [0.2, 0.25) is 0 Å². The highest BCUT2D eigenvalue weighted by molar-refractivity contribution is 8.00. The summed E-state index contributed by atoms with van der Waals surface area (Å²) >= 11 is 14.0. The lowest BCUT2D eigenvalue weighted by Crippen LogP contribution is -2.29. The fourth-order valence-corrected chi connectivity index (χ4v) is 6.03. The van der Waals surface area contributed by atoms with Crippen LogP contribution in [-0.2, 0) is 0 Å². The van der Waals surface area contributed by atoms with Crippen molar-refractivity contribution in [1.82, 2.24) is 9.88 Å². The number of likely N-dealkylation sites (tertiary alicyclic amines) is 1. The zero-order chi connectivity index (χ0) is 23.7. The number of allylic oxidation sites excluding steroid dienone is 3. The fourth-order valence-electron chi connectivity index (χ4n) is 4.00. The van der Waals surface area contributed by atoms with Gasteiger partial charge in [-0.05, 0) is 43.5 Å². The first-order chi connectivity index (χ1) is 15.7. The van der Waals surface area contributed by atoms with E-state index in [1.165, 1.54) is 11.8 Å². The van der Waals surface area contributed by atoms with Crippen molar-refractivity contribution in [3.05, 3.63) is 63.6 Å². The summed E-state index contributed by atoms with van der Waals surface area (Å²) in [7, 11) is 0. The SMILES string of the molecule is CC(Sc1cc(-c2ccc(C(=O)N3CCC(O)C3)cc2)cnc1N)C1=C(Cl)CCC(F)=C1Cl. The summed E-state index contributed by atoms with van der Waals surface area (Å²) in [6.45, 7) is 2.84. The number of hydrogen-bond acceptors (Lipinski definition) is 5. The topological polar surface area (TPSA) is 79.5 Å². The molecule has 33 heavy (non-hydrogen) atoms. The number of amides is 1. The molecular formula is C24H24Cl2FN3O2S. The van der Waals surface area contributed by atoms with Crippen LogP contribution in [0.25, 0.3) is 11.1 Å². The number of aromatic nitrogens is 1. The van der Waals surface area contributed by atoms with Crippen molar-refractivity contribution in [2.45, 2.75) is 42.4 Å². The number of nitrogens with zero attached hydrogens (tertiary/aromatic N) is 2. The summed E-state index contributed by atoms with van der Waals surface area (Å²) in [6, 6.07) is 9.19. The predicted molar refractivity (Wildman–Crippen MR) is 132 cm³/mol. The molecule has 3 N–H and O–H groups in total. The van der Waals surface area contributed by atoms with Gasteiger partial charge in [-0.2, -0.15) is 0 Å². The summed E-state index contributed by atoms with van der Waals surface area (Å²) < 4.78 is 14.0. The van der Waals surface area contributed by atoms with E-state index in [-0.39, 0.29) is 28.4 Å². The van der Waals surface area contributed by atoms with Crippen LogP contribution in [0.1, 0.15) is 36.5 Å². The Kier molecular flexibility index (Phi) is 7.34. The first-order valence-corrected chi connectivity index (χ1v) is 12.3. The number of rotatable bonds is 5. The van der Waals surface area contributed by atoms with Gasteiger partial charge in [-0.15, -0.1) is 11.8 Å². The van der Waals surface area contributed by atoms with Gasteiger partial charge < -0.3 is 15.7 Å². The third kappa shape index (κ3) is 5.22. The molecule has 1 aromatic heterocycles. The normalized spacial score (nSPS) is 19.9. The highest BCUT2D eigenvalue weighted by Crippen LogP contribution is 2.43. The number of benzene rings is 1. The lowest BCUT2D eigenvalue weighted by molar-refractivity contribution is 0.0765. The largest absolute Gasteiger partial charge is 0.391 e. The second kappa shape index (κ2) is 10.1. The average Bonchev–Trinajstić information content (AvgIpc) is 3.24. The van der Waals surface area contributed by atoms with Crippen molar-refractivity contribution >= 4 is 46.7 Å². The van der Waals surface area contributed by atoms with Gasteiger partial charge in [0.05, 0.1) is 16.0 Å². The van der Waals surface area contributed by atoms with Gasteiger partial charge in [-0.25, -0.2) is 9.37 Å². The number of aliphatic hydroxyl groups excluding tert-OH is 1. The molecule has 1 fully saturated rings. The molecule has 0 spiro atoms. The first kappa shape index (κ1) is 24.1. The fraction of sp³-hybridized carbons (Fsp3) is 0.333. The Bertz CT molecular complexity index is 1140. The van der Waals surface area contributed by atoms with Gasteiger partial charge in [-0.3, -0.25) is 4.79 Å². The summed E-state index contributed by atoms with van der Waals surface area (Å²) in [4.78, 5) is 19.3. The van der Waals surface area contributed by atoms with Crippen molar-refractivity contribution in [3.8, 4) is 11.1 Å². The minimum Gasteiger partial charge on any atom is -0.391 e. The molecule has 0 bridgehead atoms. The van der Waals surface area contributed by atoms with E-state index in [0.717, 1.165) is 16.0 Å². The number of carbonyl (C=O) groups is 1. The van der Waals surface area contributed by atoms with E-state index in [4.69, 9.17) is 28.9 Å². The minimum absolute atomic E-state index is 0.0831. The van der Waals surface area contributed by atoms with Gasteiger partial charge in [0.1, 0.15) is 11.6 Å². The maximum Gasteiger partial charge on any atom is 0.253 e. The number of anilines is 1. The van der Waals surface area contributed by atoms with Crippen molar-refractivity contribution < 1.29 is 14.3 Å². The van der Waals surface area contributed by atoms with Crippen LogP contribution in [0.4, 0.5) is 10.2 Å². The molecule has 1 aliphatic heterocycles. The van der Waals surface area contributed by atoms with E-state index in [1.807, 2.05) is 25.1 Å². The lowest BCUT2D eigenvalue weighted by Gasteiger charge is -2.22. The molecule has 1 aliphatic carbocycles. The number of pyridine rings is 1. The highest BCUT2D eigenvalue weighted by atomic mass is 35.5. The smallest absolute Gasteiger partial charge is 0.253 e. The van der Waals surface area contributed by atoms with E-state index >= 15 is 0 Å². The Morgan fingerprint density at radius 1 is 1.27 bits per heavy atom. The van der Waals surface area contributed by atoms with Gasteiger partial charge in [0.25, 0.3) is 5.91 Å². The Balaban J connectivity index is 1.53. The third-order valence-corrected chi connectivity index (χ3v) is 7.81. The molecule has 1 aromatic carbocycles. The number of aliphatic hydroxyl groups is 1. The molecule has 4 rings (SSSR count). The summed E-state index contributed by atoms with van der Waals surface area (Å²) in [5.74, 6) is -0.0714. The van der Waals surface area contributed by atoms with Gasteiger partial charge in [0, 0.05) is 52.7 Å². The minimum atomic E-state index is -0.450. The second-order valence-corrected chi connectivity index (χ2v) is 10.4. The number of nitrogen functional groups attached to an aromatic ring is 1. The van der Waals surface area contributed by atoms with Crippen LogP contribution < -0.4 is 5.73 Å². The maximum absolute atomic E-state index is 14.0. The van der Waals surface area contributed by atoms with E-state index in [2.05, 4.69) is 4.98 Å². The third-order valence-electron chi connectivity index (χ3n) is 5.84. The van der Waals surface area contributed by atoms with Crippen molar-refractivity contribution in [3.63, 3.8) is 0 Å². The molecular weight excluding hydrogens is 484 g/mol. The summed E-state index contributed by atoms with van der Waals surface area (Å²) in [5, 5.41) is 10.1. The molecule has 174 valence electrons. The molecule has 0 saturated carbocycles. The number of carbonyl (C=O) groups excluding carboxylic acids is 1. The van der Waals surface area contributed by atoms with E-state index in [0.29, 0.717) is 47.9 Å². The van der Waals surface area contributed by atoms with E-state index < -0.39 is 6.10 Å². The Hall–Kier alpha value is -2.06. The molecule has 0 radical (unpaired) electrons. The molecule has 1 saturated heterocycles. The molecule has 2 unspecified atom stereocenters. The maximum atomic E-state index is 14.0. The predicted octanol–water partition coefficient (Wildman–Crippen LogP) is 5.72. The monoisotopic (exact) mass is 507 g/mol. The molecule has 5 nitrogen and oxygen atoms in total. The zero-order valence-electron chi connectivity index (χ0n) is 18.0. The van der Waals surface area contributed by atoms with Crippen LogP contribution in [0.3, 0.4) is 0 Å². The number of thioether (sulfide) groups is 1. The standard InChI is InChI=1S/C24H24Cl2FN3O2S/c1-13(21-18(25)6-7-19(27)22(21)26)33-20-10-16(11-29-23(20)28)14-2-4-15(5-3-14)24(32)30-9-8-17(31)12-30/h2-5,10-11,13,17,31H,6-9,12H2,1H3,(H2,28,29).